The van der Waals surface area contributed by atoms with Gasteiger partial charge in [-0.1, -0.05) is 12.1 Å². The number of carbonyl (C=O) groups excluding carboxylic acids is 1. The Hall–Kier alpha value is -2.39. The van der Waals surface area contributed by atoms with E-state index in [0.717, 1.165) is 12.1 Å². The molecule has 0 heterocycles. The molecule has 0 saturated heterocycles. The van der Waals surface area contributed by atoms with E-state index in [4.69, 9.17) is 4.74 Å². The van der Waals surface area contributed by atoms with Gasteiger partial charge in [-0.2, -0.15) is 13.2 Å². The van der Waals surface area contributed by atoms with Gasteiger partial charge < -0.3 is 10.1 Å². The first-order chi connectivity index (χ1) is 12.6. The van der Waals surface area contributed by atoms with E-state index in [1.807, 2.05) is 0 Å². The predicted octanol–water partition coefficient (Wildman–Crippen LogP) is 3.06. The second-order valence-corrected chi connectivity index (χ2v) is 7.82. The third kappa shape index (κ3) is 5.80. The van der Waals surface area contributed by atoms with Gasteiger partial charge in [-0.05, 0) is 42.0 Å². The standard InChI is InChI=1S/C18H18F3NO4S/c1-26-10-11-27(24,25)16-8-4-14(5-9-16)17(23)22-12-13-2-6-15(7-3-13)18(19,20)21/h2-9H,10-12H2,1H3,(H,22,23). The van der Waals surface area contributed by atoms with Gasteiger partial charge >= 0.3 is 6.18 Å². The van der Waals surface area contributed by atoms with Crippen LogP contribution >= 0.6 is 0 Å². The summed E-state index contributed by atoms with van der Waals surface area (Å²) >= 11 is 0. The molecule has 0 bridgehead atoms. The van der Waals surface area contributed by atoms with Crippen LogP contribution in [0.3, 0.4) is 0 Å². The molecule has 0 aliphatic heterocycles. The summed E-state index contributed by atoms with van der Waals surface area (Å²) in [6.45, 7) is 0.114. The zero-order valence-electron chi connectivity index (χ0n) is 14.4. The van der Waals surface area contributed by atoms with Gasteiger partial charge in [0.15, 0.2) is 9.84 Å². The van der Waals surface area contributed by atoms with Crippen LogP contribution in [0.5, 0.6) is 0 Å². The normalized spacial score (nSPS) is 12.0. The third-order valence-corrected chi connectivity index (χ3v) is 5.46. The molecule has 2 aromatic carbocycles. The molecular formula is C18H18F3NO4S. The van der Waals surface area contributed by atoms with Crippen molar-refractivity contribution in [2.45, 2.75) is 17.6 Å². The molecule has 0 saturated carbocycles. The molecule has 0 aromatic heterocycles. The summed E-state index contributed by atoms with van der Waals surface area (Å²) in [6.07, 6.45) is -4.41. The van der Waals surface area contributed by atoms with E-state index in [1.54, 1.807) is 0 Å². The molecule has 0 spiro atoms. The SMILES string of the molecule is COCCS(=O)(=O)c1ccc(C(=O)NCc2ccc(C(F)(F)F)cc2)cc1. The van der Waals surface area contributed by atoms with Gasteiger partial charge in [-0.15, -0.1) is 0 Å². The molecule has 0 atom stereocenters. The largest absolute Gasteiger partial charge is 0.416 e. The average Bonchev–Trinajstić information content (AvgIpc) is 2.64. The van der Waals surface area contributed by atoms with Crippen molar-refractivity contribution in [2.75, 3.05) is 19.5 Å². The quantitative estimate of drug-likeness (QED) is 0.774. The minimum Gasteiger partial charge on any atom is -0.384 e. The number of ether oxygens (including phenoxy) is 1. The van der Waals surface area contributed by atoms with Crippen molar-refractivity contribution in [2.24, 2.45) is 0 Å². The van der Waals surface area contributed by atoms with Crippen LogP contribution in [0.1, 0.15) is 21.5 Å². The Labute approximate surface area is 155 Å². The minimum absolute atomic E-state index is 0.0465. The lowest BCUT2D eigenvalue weighted by Gasteiger charge is -2.09. The lowest BCUT2D eigenvalue weighted by molar-refractivity contribution is -0.137. The van der Waals surface area contributed by atoms with Crippen LogP contribution in [0.25, 0.3) is 0 Å². The van der Waals surface area contributed by atoms with Gasteiger partial charge in [0.2, 0.25) is 0 Å². The summed E-state index contributed by atoms with van der Waals surface area (Å²) in [5.74, 6) is -0.626. The number of alkyl halides is 3. The topological polar surface area (TPSA) is 72.5 Å². The molecule has 146 valence electrons. The van der Waals surface area contributed by atoms with Crippen LogP contribution in [0, 0.1) is 0 Å². The second kappa shape index (κ2) is 8.53. The number of methoxy groups -OCH3 is 1. The zero-order valence-corrected chi connectivity index (χ0v) is 15.2. The summed E-state index contributed by atoms with van der Waals surface area (Å²) in [5.41, 5.74) is -0.00874. The Morgan fingerprint density at radius 3 is 2.15 bits per heavy atom. The highest BCUT2D eigenvalue weighted by Gasteiger charge is 2.29. The first kappa shape index (κ1) is 20.9. The Balaban J connectivity index is 1.98. The molecule has 0 radical (unpaired) electrons. The van der Waals surface area contributed by atoms with Gasteiger partial charge in [0.1, 0.15) is 0 Å². The molecule has 0 aliphatic carbocycles. The van der Waals surface area contributed by atoms with Gasteiger partial charge in [-0.3, -0.25) is 4.79 Å². The number of sulfone groups is 1. The van der Waals surface area contributed by atoms with Crippen LogP contribution in [0.4, 0.5) is 13.2 Å². The molecule has 0 unspecified atom stereocenters. The molecule has 2 aromatic rings. The Morgan fingerprint density at radius 1 is 1.04 bits per heavy atom. The third-order valence-electron chi connectivity index (χ3n) is 3.77. The van der Waals surface area contributed by atoms with Crippen molar-refractivity contribution in [3.05, 3.63) is 65.2 Å². The number of rotatable bonds is 7. The number of hydrogen-bond donors (Lipinski definition) is 1. The fraction of sp³-hybridized carbons (Fsp3) is 0.278. The molecule has 2 rings (SSSR count). The first-order valence-electron chi connectivity index (χ1n) is 7.89. The van der Waals surface area contributed by atoms with Crippen LogP contribution in [-0.4, -0.2) is 33.8 Å². The van der Waals surface area contributed by atoms with Gasteiger partial charge in [-0.25, -0.2) is 8.42 Å². The lowest BCUT2D eigenvalue weighted by atomic mass is 10.1. The number of hydrogen-bond acceptors (Lipinski definition) is 4. The maximum atomic E-state index is 12.5. The number of benzene rings is 2. The summed E-state index contributed by atoms with van der Waals surface area (Å²) in [5, 5.41) is 2.58. The Bertz CT molecular complexity index is 876. The van der Waals surface area contributed by atoms with Gasteiger partial charge in [0.25, 0.3) is 5.91 Å². The second-order valence-electron chi connectivity index (χ2n) is 5.71. The van der Waals surface area contributed by atoms with Crippen molar-refractivity contribution in [3.8, 4) is 0 Å². The van der Waals surface area contributed by atoms with E-state index in [9.17, 15) is 26.4 Å². The highest BCUT2D eigenvalue weighted by Crippen LogP contribution is 2.29. The van der Waals surface area contributed by atoms with Crippen molar-refractivity contribution in [1.29, 1.82) is 0 Å². The summed E-state index contributed by atoms with van der Waals surface area (Å²) < 4.78 is 66.4. The van der Waals surface area contributed by atoms with E-state index in [2.05, 4.69) is 5.32 Å². The van der Waals surface area contributed by atoms with Gasteiger partial charge in [0, 0.05) is 19.2 Å². The monoisotopic (exact) mass is 401 g/mol. The Kier molecular flexibility index (Phi) is 6.61. The summed E-state index contributed by atoms with van der Waals surface area (Å²) in [7, 11) is -2.08. The maximum absolute atomic E-state index is 12.5. The van der Waals surface area contributed by atoms with E-state index in [0.29, 0.717) is 5.56 Å². The van der Waals surface area contributed by atoms with Gasteiger partial charge in [0.05, 0.1) is 22.8 Å². The fourth-order valence-corrected chi connectivity index (χ4v) is 3.39. The number of carbonyl (C=O) groups is 1. The molecule has 27 heavy (non-hydrogen) atoms. The molecule has 5 nitrogen and oxygen atoms in total. The number of halogens is 3. The van der Waals surface area contributed by atoms with Crippen molar-refractivity contribution >= 4 is 15.7 Å². The van der Waals surface area contributed by atoms with E-state index in [-0.39, 0.29) is 29.4 Å². The fourth-order valence-electron chi connectivity index (χ4n) is 2.22. The Morgan fingerprint density at radius 2 is 1.63 bits per heavy atom. The average molecular weight is 401 g/mol. The number of nitrogens with one attached hydrogen (secondary N) is 1. The first-order valence-corrected chi connectivity index (χ1v) is 9.55. The van der Waals surface area contributed by atoms with E-state index >= 15 is 0 Å². The van der Waals surface area contributed by atoms with E-state index < -0.39 is 27.5 Å². The van der Waals surface area contributed by atoms with E-state index in [1.165, 1.54) is 43.5 Å². The summed E-state index contributed by atoms with van der Waals surface area (Å²) in [6, 6.07) is 9.88. The maximum Gasteiger partial charge on any atom is 0.416 e. The van der Waals surface area contributed by atoms with Crippen LogP contribution < -0.4 is 5.32 Å². The summed E-state index contributed by atoms with van der Waals surface area (Å²) in [4.78, 5) is 12.2. The van der Waals surface area contributed by atoms with Crippen molar-refractivity contribution < 1.29 is 31.1 Å². The van der Waals surface area contributed by atoms with Crippen LogP contribution in [-0.2, 0) is 27.3 Å². The number of amides is 1. The van der Waals surface area contributed by atoms with Crippen LogP contribution in [0.15, 0.2) is 53.4 Å². The van der Waals surface area contributed by atoms with Crippen LogP contribution in [0.2, 0.25) is 0 Å². The molecule has 9 heteroatoms. The lowest BCUT2D eigenvalue weighted by Crippen LogP contribution is -2.23. The predicted molar refractivity (Wildman–Crippen MR) is 93.0 cm³/mol. The molecule has 0 aliphatic rings. The molecule has 1 amide bonds. The molecular weight excluding hydrogens is 383 g/mol. The highest BCUT2D eigenvalue weighted by atomic mass is 32.2. The molecule has 0 fully saturated rings. The zero-order chi connectivity index (χ0) is 20.1. The highest BCUT2D eigenvalue weighted by molar-refractivity contribution is 7.91. The molecule has 1 N–H and O–H groups in total. The van der Waals surface area contributed by atoms with Crippen molar-refractivity contribution in [1.82, 2.24) is 5.32 Å². The smallest absolute Gasteiger partial charge is 0.384 e. The minimum atomic E-state index is -4.41. The van der Waals surface area contributed by atoms with Crippen molar-refractivity contribution in [3.63, 3.8) is 0 Å².